The van der Waals surface area contributed by atoms with Crippen LogP contribution in [0.4, 0.5) is 5.69 Å². The summed E-state index contributed by atoms with van der Waals surface area (Å²) in [5.74, 6) is 0.0121. The van der Waals surface area contributed by atoms with E-state index in [9.17, 15) is 4.79 Å². The lowest BCUT2D eigenvalue weighted by molar-refractivity contribution is -0.119. The van der Waals surface area contributed by atoms with Crippen LogP contribution in [0.25, 0.3) is 0 Å². The molecule has 0 fully saturated rings. The molecule has 1 aromatic rings. The van der Waals surface area contributed by atoms with Crippen LogP contribution in [0.15, 0.2) is 22.7 Å². The molecule has 15 heavy (non-hydrogen) atoms. The van der Waals surface area contributed by atoms with Crippen molar-refractivity contribution in [2.75, 3.05) is 18.4 Å². The van der Waals surface area contributed by atoms with Crippen LogP contribution in [0.1, 0.15) is 12.5 Å². The van der Waals surface area contributed by atoms with E-state index < -0.39 is 0 Å². The predicted octanol–water partition coefficient (Wildman–Crippen LogP) is 2.31. The van der Waals surface area contributed by atoms with Gasteiger partial charge in [-0.2, -0.15) is 0 Å². The molecule has 0 heterocycles. The van der Waals surface area contributed by atoms with Crippen molar-refractivity contribution in [2.45, 2.75) is 13.8 Å². The van der Waals surface area contributed by atoms with Gasteiger partial charge in [-0.05, 0) is 37.6 Å². The molecule has 0 aliphatic carbocycles. The summed E-state index contributed by atoms with van der Waals surface area (Å²) in [6.07, 6.45) is 0. The fourth-order valence-corrected chi connectivity index (χ4v) is 1.44. The fraction of sp³-hybridized carbons (Fsp3) is 0.364. The molecule has 0 aliphatic rings. The van der Waals surface area contributed by atoms with Crippen LogP contribution < -0.4 is 10.6 Å². The number of carbonyl (C=O) groups is 1. The Balaban J connectivity index is 2.51. The second kappa shape index (κ2) is 5.75. The van der Waals surface area contributed by atoms with Gasteiger partial charge in [0.15, 0.2) is 0 Å². The van der Waals surface area contributed by atoms with Gasteiger partial charge in [0.05, 0.1) is 6.54 Å². The van der Waals surface area contributed by atoms with Crippen molar-refractivity contribution in [1.82, 2.24) is 5.32 Å². The third kappa shape index (κ3) is 3.91. The van der Waals surface area contributed by atoms with E-state index in [1.54, 1.807) is 0 Å². The monoisotopic (exact) mass is 270 g/mol. The maximum atomic E-state index is 11.2. The molecule has 0 radical (unpaired) electrons. The molecule has 1 amide bonds. The highest BCUT2D eigenvalue weighted by molar-refractivity contribution is 9.10. The van der Waals surface area contributed by atoms with E-state index in [-0.39, 0.29) is 5.91 Å². The van der Waals surface area contributed by atoms with Crippen LogP contribution in [-0.4, -0.2) is 19.0 Å². The summed E-state index contributed by atoms with van der Waals surface area (Å²) in [6, 6.07) is 5.91. The van der Waals surface area contributed by atoms with Gasteiger partial charge in [-0.15, -0.1) is 0 Å². The molecule has 3 nitrogen and oxygen atoms in total. The third-order valence-corrected chi connectivity index (χ3v) is 2.87. The van der Waals surface area contributed by atoms with Crippen molar-refractivity contribution < 1.29 is 4.79 Å². The fourth-order valence-electron chi connectivity index (χ4n) is 1.20. The first-order valence-electron chi connectivity index (χ1n) is 4.90. The first-order chi connectivity index (χ1) is 7.13. The second-order valence-corrected chi connectivity index (χ2v) is 4.13. The lowest BCUT2D eigenvalue weighted by atomic mass is 10.2. The lowest BCUT2D eigenvalue weighted by Crippen LogP contribution is -2.29. The zero-order valence-electron chi connectivity index (χ0n) is 8.93. The molecule has 0 atom stereocenters. The Bertz CT molecular complexity index is 352. The van der Waals surface area contributed by atoms with E-state index >= 15 is 0 Å². The van der Waals surface area contributed by atoms with Gasteiger partial charge in [-0.25, -0.2) is 0 Å². The zero-order valence-corrected chi connectivity index (χ0v) is 10.5. The summed E-state index contributed by atoms with van der Waals surface area (Å²) < 4.78 is 1.08. The van der Waals surface area contributed by atoms with Crippen LogP contribution in [-0.2, 0) is 4.79 Å². The molecule has 1 aromatic carbocycles. The number of anilines is 1. The van der Waals surface area contributed by atoms with E-state index in [0.29, 0.717) is 13.1 Å². The molecule has 0 spiro atoms. The quantitative estimate of drug-likeness (QED) is 0.882. The molecule has 4 heteroatoms. The van der Waals surface area contributed by atoms with Gasteiger partial charge >= 0.3 is 0 Å². The lowest BCUT2D eigenvalue weighted by Gasteiger charge is -2.07. The SMILES string of the molecule is CCNC(=O)CNc1ccc(Br)c(C)c1. The Morgan fingerprint density at radius 2 is 2.20 bits per heavy atom. The molecular weight excluding hydrogens is 256 g/mol. The number of hydrogen-bond acceptors (Lipinski definition) is 2. The van der Waals surface area contributed by atoms with Crippen LogP contribution in [0, 0.1) is 6.92 Å². The van der Waals surface area contributed by atoms with Crippen LogP contribution in [0.5, 0.6) is 0 Å². The molecule has 0 saturated carbocycles. The van der Waals surface area contributed by atoms with Gasteiger partial charge < -0.3 is 10.6 Å². The zero-order chi connectivity index (χ0) is 11.3. The maximum absolute atomic E-state index is 11.2. The number of benzene rings is 1. The molecule has 1 rings (SSSR count). The topological polar surface area (TPSA) is 41.1 Å². The largest absolute Gasteiger partial charge is 0.376 e. The van der Waals surface area contributed by atoms with E-state index in [4.69, 9.17) is 0 Å². The van der Waals surface area contributed by atoms with Gasteiger partial charge in [-0.1, -0.05) is 15.9 Å². The Morgan fingerprint density at radius 3 is 2.80 bits per heavy atom. The summed E-state index contributed by atoms with van der Waals surface area (Å²) in [5.41, 5.74) is 2.11. The van der Waals surface area contributed by atoms with E-state index in [1.807, 2.05) is 32.0 Å². The van der Waals surface area contributed by atoms with Crippen molar-refractivity contribution in [3.05, 3.63) is 28.2 Å². The van der Waals surface area contributed by atoms with Crippen molar-refractivity contribution >= 4 is 27.5 Å². The van der Waals surface area contributed by atoms with E-state index in [2.05, 4.69) is 26.6 Å². The average molecular weight is 271 g/mol. The van der Waals surface area contributed by atoms with Gasteiger partial charge in [0.1, 0.15) is 0 Å². The Kier molecular flexibility index (Phi) is 4.62. The van der Waals surface area contributed by atoms with Crippen LogP contribution in [0.3, 0.4) is 0 Å². The summed E-state index contributed by atoms with van der Waals surface area (Å²) in [6.45, 7) is 4.90. The average Bonchev–Trinajstić information content (AvgIpc) is 2.20. The van der Waals surface area contributed by atoms with Gasteiger partial charge in [-0.3, -0.25) is 4.79 Å². The van der Waals surface area contributed by atoms with Crippen LogP contribution in [0.2, 0.25) is 0 Å². The third-order valence-electron chi connectivity index (χ3n) is 1.98. The minimum absolute atomic E-state index is 0.0121. The molecule has 82 valence electrons. The van der Waals surface area contributed by atoms with Crippen molar-refractivity contribution in [3.8, 4) is 0 Å². The Labute approximate surface area is 98.4 Å². The number of halogens is 1. The highest BCUT2D eigenvalue weighted by Gasteiger charge is 2.00. The smallest absolute Gasteiger partial charge is 0.239 e. The molecule has 0 aromatic heterocycles. The number of hydrogen-bond donors (Lipinski definition) is 2. The second-order valence-electron chi connectivity index (χ2n) is 3.27. The highest BCUT2D eigenvalue weighted by Crippen LogP contribution is 2.19. The van der Waals surface area contributed by atoms with E-state index in [0.717, 1.165) is 15.7 Å². The molecule has 0 bridgehead atoms. The summed E-state index contributed by atoms with van der Waals surface area (Å²) in [7, 11) is 0. The van der Waals surface area contributed by atoms with Crippen molar-refractivity contribution in [3.63, 3.8) is 0 Å². The van der Waals surface area contributed by atoms with E-state index in [1.165, 1.54) is 0 Å². The molecule has 0 unspecified atom stereocenters. The maximum Gasteiger partial charge on any atom is 0.239 e. The molecule has 0 saturated heterocycles. The summed E-state index contributed by atoms with van der Waals surface area (Å²) in [4.78, 5) is 11.2. The normalized spacial score (nSPS) is 9.80. The summed E-state index contributed by atoms with van der Waals surface area (Å²) in [5, 5.41) is 5.80. The van der Waals surface area contributed by atoms with Gasteiger partial charge in [0.2, 0.25) is 5.91 Å². The first-order valence-corrected chi connectivity index (χ1v) is 5.69. The number of aryl methyl sites for hydroxylation is 1. The Morgan fingerprint density at radius 1 is 1.47 bits per heavy atom. The Hall–Kier alpha value is -1.03. The number of likely N-dealkylation sites (N-methyl/N-ethyl adjacent to an activating group) is 1. The number of nitrogens with one attached hydrogen (secondary N) is 2. The minimum atomic E-state index is 0.0121. The number of carbonyl (C=O) groups excluding carboxylic acids is 1. The standard InChI is InChI=1S/C11H15BrN2O/c1-3-13-11(15)7-14-9-4-5-10(12)8(2)6-9/h4-6,14H,3,7H2,1-2H3,(H,13,15). The minimum Gasteiger partial charge on any atom is -0.376 e. The van der Waals surface area contributed by atoms with Gasteiger partial charge in [0, 0.05) is 16.7 Å². The van der Waals surface area contributed by atoms with Crippen molar-refractivity contribution in [1.29, 1.82) is 0 Å². The molecular formula is C11H15BrN2O. The predicted molar refractivity (Wildman–Crippen MR) is 66.1 cm³/mol. The number of amides is 1. The summed E-state index contributed by atoms with van der Waals surface area (Å²) >= 11 is 3.43. The number of rotatable bonds is 4. The van der Waals surface area contributed by atoms with Gasteiger partial charge in [0.25, 0.3) is 0 Å². The molecule has 2 N–H and O–H groups in total. The van der Waals surface area contributed by atoms with Crippen LogP contribution >= 0.6 is 15.9 Å². The highest BCUT2D eigenvalue weighted by atomic mass is 79.9. The molecule has 0 aliphatic heterocycles. The van der Waals surface area contributed by atoms with Crippen molar-refractivity contribution in [2.24, 2.45) is 0 Å². The first kappa shape index (κ1) is 12.0.